The maximum Gasteiger partial charge on any atom is 0.271 e. The fraction of sp³-hybridized carbons (Fsp3) is 0.533. The molecule has 0 aromatic carbocycles. The third-order valence-electron chi connectivity index (χ3n) is 3.79. The van der Waals surface area contributed by atoms with E-state index in [0.717, 1.165) is 0 Å². The van der Waals surface area contributed by atoms with Crippen LogP contribution in [0.15, 0.2) is 22.7 Å². The van der Waals surface area contributed by atoms with E-state index >= 15 is 0 Å². The average molecular weight is 304 g/mol. The Morgan fingerprint density at radius 1 is 1.41 bits per heavy atom. The summed E-state index contributed by atoms with van der Waals surface area (Å²) >= 11 is 0. The van der Waals surface area contributed by atoms with Crippen molar-refractivity contribution >= 4 is 5.91 Å². The highest BCUT2D eigenvalue weighted by Crippen LogP contribution is 2.26. The van der Waals surface area contributed by atoms with Gasteiger partial charge in [0.1, 0.15) is 11.7 Å². The Morgan fingerprint density at radius 2 is 2.23 bits per heavy atom. The summed E-state index contributed by atoms with van der Waals surface area (Å²) in [4.78, 5) is 14.5. The van der Waals surface area contributed by atoms with Crippen molar-refractivity contribution in [3.8, 4) is 0 Å². The van der Waals surface area contributed by atoms with Crippen LogP contribution >= 0.6 is 0 Å². The molecule has 1 saturated heterocycles. The first-order valence-corrected chi connectivity index (χ1v) is 7.41. The molecule has 0 bridgehead atoms. The van der Waals surface area contributed by atoms with Gasteiger partial charge in [0, 0.05) is 25.7 Å². The monoisotopic (exact) mass is 304 g/mol. The van der Waals surface area contributed by atoms with Crippen molar-refractivity contribution in [2.75, 3.05) is 19.8 Å². The molecule has 3 heterocycles. The van der Waals surface area contributed by atoms with Gasteiger partial charge in [-0.3, -0.25) is 4.79 Å². The minimum atomic E-state index is -0.337. The van der Waals surface area contributed by atoms with Crippen molar-refractivity contribution in [3.63, 3.8) is 0 Å². The van der Waals surface area contributed by atoms with Crippen LogP contribution in [0.4, 0.5) is 0 Å². The van der Waals surface area contributed by atoms with E-state index in [1.54, 1.807) is 4.90 Å². The number of rotatable bonds is 3. The van der Waals surface area contributed by atoms with Gasteiger partial charge < -0.3 is 18.6 Å². The van der Waals surface area contributed by atoms with Gasteiger partial charge in [0.25, 0.3) is 5.91 Å². The number of nitrogens with zero attached hydrogens (tertiary/aromatic N) is 4. The molecule has 22 heavy (non-hydrogen) atoms. The van der Waals surface area contributed by atoms with E-state index < -0.39 is 0 Å². The van der Waals surface area contributed by atoms with Crippen LogP contribution < -0.4 is 0 Å². The fourth-order valence-electron chi connectivity index (χ4n) is 2.50. The first-order valence-electron chi connectivity index (χ1n) is 7.41. The Balaban J connectivity index is 1.87. The molecule has 0 aliphatic carbocycles. The molecule has 7 heteroatoms. The molecular weight excluding hydrogens is 284 g/mol. The molecule has 7 nitrogen and oxygen atoms in total. The van der Waals surface area contributed by atoms with Crippen LogP contribution in [0.5, 0.6) is 0 Å². The molecular formula is C15H20N4O3. The van der Waals surface area contributed by atoms with Gasteiger partial charge in [-0.2, -0.15) is 0 Å². The normalized spacial score (nSPS) is 18.9. The molecule has 1 atom stereocenters. The topological polar surface area (TPSA) is 73.4 Å². The van der Waals surface area contributed by atoms with Gasteiger partial charge >= 0.3 is 0 Å². The molecule has 1 fully saturated rings. The second kappa shape index (κ2) is 5.92. The standard InChI is InChI=1S/C15H20N4O3/c1-10(2)13-16-17-14(22-13)12-9-21-8-7-19(12)15(20)11-5-4-6-18(11)3/h4-6,10,12H,7-9H2,1-3H3/t12-/m0/s1. The van der Waals surface area contributed by atoms with Gasteiger partial charge in [-0.15, -0.1) is 10.2 Å². The Kier molecular flexibility index (Phi) is 3.98. The number of ether oxygens (including phenoxy) is 1. The van der Waals surface area contributed by atoms with Crippen LogP contribution in [0.25, 0.3) is 0 Å². The maximum absolute atomic E-state index is 12.8. The molecule has 118 valence electrons. The molecule has 0 unspecified atom stereocenters. The minimum Gasteiger partial charge on any atom is -0.423 e. The van der Waals surface area contributed by atoms with Crippen LogP contribution in [0, 0.1) is 0 Å². The van der Waals surface area contributed by atoms with Crippen molar-refractivity contribution < 1.29 is 13.9 Å². The molecule has 1 aliphatic rings. The van der Waals surface area contributed by atoms with Crippen LogP contribution in [0.3, 0.4) is 0 Å². The number of carbonyl (C=O) groups is 1. The number of hydrogen-bond donors (Lipinski definition) is 0. The SMILES string of the molecule is CC(C)c1nnc([C@@H]2COCCN2C(=O)c2cccn2C)o1. The summed E-state index contributed by atoms with van der Waals surface area (Å²) in [6.07, 6.45) is 1.85. The zero-order chi connectivity index (χ0) is 15.7. The van der Waals surface area contributed by atoms with Crippen molar-refractivity contribution in [1.29, 1.82) is 0 Å². The molecule has 0 spiro atoms. The number of morpholine rings is 1. The highest BCUT2D eigenvalue weighted by molar-refractivity contribution is 5.93. The second-order valence-corrected chi connectivity index (χ2v) is 5.73. The fourth-order valence-corrected chi connectivity index (χ4v) is 2.50. The number of carbonyl (C=O) groups excluding carboxylic acids is 1. The quantitative estimate of drug-likeness (QED) is 0.863. The van der Waals surface area contributed by atoms with Crippen LogP contribution in [0.1, 0.15) is 48.1 Å². The summed E-state index contributed by atoms with van der Waals surface area (Å²) in [5.74, 6) is 1.12. The van der Waals surface area contributed by atoms with Gasteiger partial charge in [-0.25, -0.2) is 0 Å². The summed E-state index contributed by atoms with van der Waals surface area (Å²) < 4.78 is 13.0. The van der Waals surface area contributed by atoms with Gasteiger partial charge in [0.05, 0.1) is 13.2 Å². The molecule has 2 aromatic heterocycles. The summed E-state index contributed by atoms with van der Waals surface area (Å²) in [5, 5.41) is 8.15. The van der Waals surface area contributed by atoms with Crippen LogP contribution in [-0.4, -0.2) is 45.3 Å². The minimum absolute atomic E-state index is 0.0508. The van der Waals surface area contributed by atoms with Gasteiger partial charge in [0.15, 0.2) is 0 Å². The van der Waals surface area contributed by atoms with Crippen LogP contribution in [0.2, 0.25) is 0 Å². The third-order valence-corrected chi connectivity index (χ3v) is 3.79. The average Bonchev–Trinajstić information content (AvgIpc) is 3.15. The Morgan fingerprint density at radius 3 is 2.86 bits per heavy atom. The Bertz CT molecular complexity index is 661. The maximum atomic E-state index is 12.8. The second-order valence-electron chi connectivity index (χ2n) is 5.73. The summed E-state index contributed by atoms with van der Waals surface area (Å²) in [5.41, 5.74) is 0.635. The van der Waals surface area contributed by atoms with Gasteiger partial charge in [-0.05, 0) is 12.1 Å². The summed E-state index contributed by atoms with van der Waals surface area (Å²) in [7, 11) is 1.85. The number of hydrogen-bond acceptors (Lipinski definition) is 5. The molecule has 2 aromatic rings. The van der Waals surface area contributed by atoms with E-state index in [9.17, 15) is 4.79 Å². The van der Waals surface area contributed by atoms with E-state index in [4.69, 9.17) is 9.15 Å². The number of aromatic nitrogens is 3. The van der Waals surface area contributed by atoms with E-state index in [2.05, 4.69) is 10.2 Å². The Hall–Kier alpha value is -2.15. The van der Waals surface area contributed by atoms with E-state index in [1.807, 2.05) is 43.8 Å². The molecule has 1 aliphatic heterocycles. The zero-order valence-electron chi connectivity index (χ0n) is 13.0. The van der Waals surface area contributed by atoms with E-state index in [0.29, 0.717) is 37.2 Å². The largest absolute Gasteiger partial charge is 0.423 e. The first kappa shape index (κ1) is 14.8. The lowest BCUT2D eigenvalue weighted by atomic mass is 10.2. The smallest absolute Gasteiger partial charge is 0.271 e. The van der Waals surface area contributed by atoms with Gasteiger partial charge in [-0.1, -0.05) is 13.8 Å². The molecule has 0 radical (unpaired) electrons. The Labute approximate surface area is 128 Å². The summed E-state index contributed by atoms with van der Waals surface area (Å²) in [6.45, 7) is 5.37. The van der Waals surface area contributed by atoms with Crippen LogP contribution in [-0.2, 0) is 11.8 Å². The number of amides is 1. The molecule has 0 N–H and O–H groups in total. The third kappa shape index (κ3) is 2.64. The van der Waals surface area contributed by atoms with E-state index in [-0.39, 0.29) is 17.9 Å². The van der Waals surface area contributed by atoms with Crippen molar-refractivity contribution in [3.05, 3.63) is 35.8 Å². The molecule has 1 amide bonds. The predicted molar refractivity (Wildman–Crippen MR) is 78.4 cm³/mol. The lowest BCUT2D eigenvalue weighted by Crippen LogP contribution is -2.44. The van der Waals surface area contributed by atoms with Crippen molar-refractivity contribution in [1.82, 2.24) is 19.7 Å². The van der Waals surface area contributed by atoms with Crippen molar-refractivity contribution in [2.45, 2.75) is 25.8 Å². The highest BCUT2D eigenvalue weighted by atomic mass is 16.5. The first-order chi connectivity index (χ1) is 10.6. The highest BCUT2D eigenvalue weighted by Gasteiger charge is 2.34. The van der Waals surface area contributed by atoms with E-state index in [1.165, 1.54) is 0 Å². The van der Waals surface area contributed by atoms with Crippen molar-refractivity contribution in [2.24, 2.45) is 7.05 Å². The summed E-state index contributed by atoms with van der Waals surface area (Å²) in [6, 6.07) is 3.32. The van der Waals surface area contributed by atoms with Gasteiger partial charge in [0.2, 0.25) is 11.8 Å². The lowest BCUT2D eigenvalue weighted by molar-refractivity contribution is -0.0112. The predicted octanol–water partition coefficient (Wildman–Crippen LogP) is 1.75. The zero-order valence-corrected chi connectivity index (χ0v) is 13.0. The molecule has 3 rings (SSSR count). The lowest BCUT2D eigenvalue weighted by Gasteiger charge is -2.33. The molecule has 0 saturated carbocycles. The number of aryl methyl sites for hydroxylation is 1.